The molecule has 4 rings (SSSR count). The summed E-state index contributed by atoms with van der Waals surface area (Å²) in [6.45, 7) is 2.48. The van der Waals surface area contributed by atoms with Crippen LogP contribution in [0.15, 0.2) is 54.6 Å². The van der Waals surface area contributed by atoms with Crippen LogP contribution >= 0.6 is 0 Å². The molecular formula is C24H22N4O7. The normalized spacial score (nSPS) is 10.7. The summed E-state index contributed by atoms with van der Waals surface area (Å²) in [5.74, 6) is -0.901. The lowest BCUT2D eigenvalue weighted by Crippen LogP contribution is -2.24. The van der Waals surface area contributed by atoms with Gasteiger partial charge in [0.05, 0.1) is 6.61 Å². The van der Waals surface area contributed by atoms with Gasteiger partial charge in [-0.1, -0.05) is 12.1 Å². The van der Waals surface area contributed by atoms with Crippen molar-refractivity contribution in [1.82, 2.24) is 20.5 Å². The Hall–Kier alpha value is -4.93. The average molecular weight is 478 g/mol. The van der Waals surface area contributed by atoms with Gasteiger partial charge in [0.1, 0.15) is 11.5 Å². The van der Waals surface area contributed by atoms with E-state index in [4.69, 9.17) is 9.47 Å². The highest BCUT2D eigenvalue weighted by Crippen LogP contribution is 2.38. The number of amides is 1. The molecule has 0 aliphatic carbocycles. The zero-order valence-corrected chi connectivity index (χ0v) is 18.5. The second kappa shape index (κ2) is 9.91. The van der Waals surface area contributed by atoms with Crippen molar-refractivity contribution in [3.05, 3.63) is 66.0 Å². The van der Waals surface area contributed by atoms with E-state index < -0.39 is 23.2 Å². The highest BCUT2D eigenvalue weighted by molar-refractivity contribution is 5.90. The SMILES string of the molecule is CCOc1ccc(Oc2ccc(CNC(=O)c3nc(-c4cc(O)c(O)c(O)c4)n[nH]3)cc2)cc1O. The minimum Gasteiger partial charge on any atom is -0.504 e. The fraction of sp³-hybridized carbons (Fsp3) is 0.125. The van der Waals surface area contributed by atoms with Crippen molar-refractivity contribution in [3.8, 4) is 51.6 Å². The Morgan fingerprint density at radius 3 is 2.29 bits per heavy atom. The molecule has 0 unspecified atom stereocenters. The van der Waals surface area contributed by atoms with Gasteiger partial charge in [-0.25, -0.2) is 4.98 Å². The highest BCUT2D eigenvalue weighted by atomic mass is 16.5. The third-order valence-corrected chi connectivity index (χ3v) is 4.87. The second-order valence-corrected chi connectivity index (χ2v) is 7.36. The van der Waals surface area contributed by atoms with E-state index in [1.54, 1.807) is 36.4 Å². The molecule has 0 saturated heterocycles. The average Bonchev–Trinajstić information content (AvgIpc) is 3.34. The van der Waals surface area contributed by atoms with Gasteiger partial charge < -0.3 is 35.2 Å². The van der Waals surface area contributed by atoms with Crippen molar-refractivity contribution in [2.75, 3.05) is 6.61 Å². The maximum Gasteiger partial charge on any atom is 0.288 e. The predicted molar refractivity (Wildman–Crippen MR) is 124 cm³/mol. The maximum absolute atomic E-state index is 12.4. The molecule has 3 aromatic carbocycles. The van der Waals surface area contributed by atoms with E-state index in [1.807, 2.05) is 6.92 Å². The van der Waals surface area contributed by atoms with Crippen molar-refractivity contribution in [2.24, 2.45) is 0 Å². The van der Waals surface area contributed by atoms with Crippen molar-refractivity contribution >= 4 is 5.91 Å². The number of ether oxygens (including phenoxy) is 2. The number of phenols is 4. The first-order valence-corrected chi connectivity index (χ1v) is 10.5. The van der Waals surface area contributed by atoms with Crippen LogP contribution < -0.4 is 14.8 Å². The zero-order chi connectivity index (χ0) is 24.9. The van der Waals surface area contributed by atoms with E-state index in [2.05, 4.69) is 20.5 Å². The first-order valence-electron chi connectivity index (χ1n) is 10.5. The number of aromatic hydroxyl groups is 4. The third-order valence-electron chi connectivity index (χ3n) is 4.87. The highest BCUT2D eigenvalue weighted by Gasteiger charge is 2.16. The molecule has 0 aliphatic heterocycles. The van der Waals surface area contributed by atoms with Crippen molar-refractivity contribution in [2.45, 2.75) is 13.5 Å². The van der Waals surface area contributed by atoms with Gasteiger partial charge in [0.15, 0.2) is 34.6 Å². The summed E-state index contributed by atoms with van der Waals surface area (Å²) in [6.07, 6.45) is 0. The van der Waals surface area contributed by atoms with Gasteiger partial charge in [-0.3, -0.25) is 9.89 Å². The second-order valence-electron chi connectivity index (χ2n) is 7.36. The summed E-state index contributed by atoms with van der Waals surface area (Å²) in [5.41, 5.74) is 1.01. The summed E-state index contributed by atoms with van der Waals surface area (Å²) in [6, 6.07) is 14.1. The van der Waals surface area contributed by atoms with Crippen molar-refractivity contribution in [1.29, 1.82) is 0 Å². The molecule has 180 valence electrons. The van der Waals surface area contributed by atoms with Gasteiger partial charge in [0, 0.05) is 18.2 Å². The number of rotatable bonds is 8. The van der Waals surface area contributed by atoms with Gasteiger partial charge in [0.25, 0.3) is 5.91 Å². The molecule has 0 aliphatic rings. The van der Waals surface area contributed by atoms with E-state index in [0.29, 0.717) is 23.9 Å². The first-order chi connectivity index (χ1) is 16.8. The lowest BCUT2D eigenvalue weighted by molar-refractivity contribution is 0.0941. The molecule has 0 spiro atoms. The van der Waals surface area contributed by atoms with Gasteiger partial charge >= 0.3 is 0 Å². The van der Waals surface area contributed by atoms with E-state index >= 15 is 0 Å². The van der Waals surface area contributed by atoms with Crippen LogP contribution in [0.3, 0.4) is 0 Å². The molecule has 11 heteroatoms. The predicted octanol–water partition coefficient (Wildman–Crippen LogP) is 3.42. The van der Waals surface area contributed by atoms with Crippen LogP contribution in [0.2, 0.25) is 0 Å². The Balaban J connectivity index is 1.35. The van der Waals surface area contributed by atoms with Crippen molar-refractivity contribution < 1.29 is 34.7 Å². The Kier molecular flexibility index (Phi) is 6.58. The summed E-state index contributed by atoms with van der Waals surface area (Å²) in [4.78, 5) is 16.5. The molecule has 0 bridgehead atoms. The molecule has 35 heavy (non-hydrogen) atoms. The molecular weight excluding hydrogens is 456 g/mol. The van der Waals surface area contributed by atoms with E-state index in [1.165, 1.54) is 6.07 Å². The standard InChI is InChI=1S/C24H22N4O7/c1-2-34-20-8-7-16(11-17(20)29)35-15-5-3-13(4-6-15)12-25-24(33)23-26-22(27-28-23)14-9-18(30)21(32)19(31)10-14/h3-11,29-32H,2,12H2,1H3,(H,25,33)(H,26,27,28). The van der Waals surface area contributed by atoms with E-state index in [0.717, 1.165) is 17.7 Å². The quantitative estimate of drug-likeness (QED) is 0.208. The van der Waals surface area contributed by atoms with Crippen LogP contribution in [0.25, 0.3) is 11.4 Å². The zero-order valence-electron chi connectivity index (χ0n) is 18.5. The number of phenolic OH excluding ortho intramolecular Hbond substituents is 4. The number of carbonyl (C=O) groups excluding carboxylic acids is 1. The molecule has 0 fully saturated rings. The fourth-order valence-corrected chi connectivity index (χ4v) is 3.14. The Bertz CT molecular complexity index is 1330. The number of nitrogens with one attached hydrogen (secondary N) is 2. The summed E-state index contributed by atoms with van der Waals surface area (Å²) < 4.78 is 11.0. The first kappa shape index (κ1) is 23.2. The van der Waals surface area contributed by atoms with E-state index in [9.17, 15) is 25.2 Å². The minimum atomic E-state index is -0.656. The van der Waals surface area contributed by atoms with Gasteiger partial charge in [-0.05, 0) is 48.9 Å². The van der Waals surface area contributed by atoms with Crippen LogP contribution in [0.1, 0.15) is 23.1 Å². The third kappa shape index (κ3) is 5.36. The van der Waals surface area contributed by atoms with Crippen LogP contribution in [0, 0.1) is 0 Å². The van der Waals surface area contributed by atoms with Crippen molar-refractivity contribution in [3.63, 3.8) is 0 Å². The molecule has 0 saturated carbocycles. The Labute approximate surface area is 199 Å². The van der Waals surface area contributed by atoms with Crippen LogP contribution in [-0.2, 0) is 6.54 Å². The monoisotopic (exact) mass is 478 g/mol. The van der Waals surface area contributed by atoms with Gasteiger partial charge in [0.2, 0.25) is 5.82 Å². The lowest BCUT2D eigenvalue weighted by Gasteiger charge is -2.10. The molecule has 11 nitrogen and oxygen atoms in total. The van der Waals surface area contributed by atoms with Crippen LogP contribution in [0.5, 0.6) is 40.2 Å². The van der Waals surface area contributed by atoms with E-state index in [-0.39, 0.29) is 29.5 Å². The summed E-state index contributed by atoms with van der Waals surface area (Å²) >= 11 is 0. The van der Waals surface area contributed by atoms with Crippen LogP contribution in [0.4, 0.5) is 0 Å². The number of nitrogens with zero attached hydrogens (tertiary/aromatic N) is 2. The number of aromatic amines is 1. The fourth-order valence-electron chi connectivity index (χ4n) is 3.14. The molecule has 1 aromatic heterocycles. The molecule has 1 heterocycles. The number of benzene rings is 3. The molecule has 4 aromatic rings. The smallest absolute Gasteiger partial charge is 0.288 e. The topological polar surface area (TPSA) is 170 Å². The number of aromatic nitrogens is 3. The minimum absolute atomic E-state index is 0.0155. The Morgan fingerprint density at radius 2 is 1.63 bits per heavy atom. The molecule has 1 amide bonds. The number of hydrogen-bond acceptors (Lipinski definition) is 9. The number of carbonyl (C=O) groups is 1. The summed E-state index contributed by atoms with van der Waals surface area (Å²) in [5, 5.41) is 47.8. The van der Waals surface area contributed by atoms with Crippen LogP contribution in [-0.4, -0.2) is 48.1 Å². The Morgan fingerprint density at radius 1 is 0.943 bits per heavy atom. The largest absolute Gasteiger partial charge is 0.504 e. The summed E-state index contributed by atoms with van der Waals surface area (Å²) in [7, 11) is 0. The molecule has 0 atom stereocenters. The molecule has 6 N–H and O–H groups in total. The maximum atomic E-state index is 12.4. The number of hydrogen-bond donors (Lipinski definition) is 6. The number of H-pyrrole nitrogens is 1. The van der Waals surface area contributed by atoms with Gasteiger partial charge in [-0.2, -0.15) is 5.10 Å². The van der Waals surface area contributed by atoms with Gasteiger partial charge in [-0.15, -0.1) is 0 Å². The lowest BCUT2D eigenvalue weighted by atomic mass is 10.2. The molecule has 0 radical (unpaired) electrons.